The molecule has 5 heteroatoms. The monoisotopic (exact) mass is 494 g/mol. The van der Waals surface area contributed by atoms with E-state index in [1.807, 2.05) is 74.5 Å². The van der Waals surface area contributed by atoms with E-state index in [0.29, 0.717) is 24.2 Å². The van der Waals surface area contributed by atoms with E-state index in [-0.39, 0.29) is 24.1 Å². The first-order valence-corrected chi connectivity index (χ1v) is 12.5. The van der Waals surface area contributed by atoms with Crippen LogP contribution in [0.25, 0.3) is 22.4 Å². The number of carbonyl (C=O) groups excluding carboxylic acids is 1. The summed E-state index contributed by atoms with van der Waals surface area (Å²) in [7, 11) is 0. The molecule has 0 spiro atoms. The SMILES string of the molecule is C#CCC(O)CCn1c(-c2ccc(F)cc2)c(-c2ccccc2)c(C(=O)Nc2ccccc2)c1C(C)C. The van der Waals surface area contributed by atoms with Crippen molar-refractivity contribution < 1.29 is 14.3 Å². The highest BCUT2D eigenvalue weighted by Crippen LogP contribution is 2.42. The third-order valence-electron chi connectivity index (χ3n) is 6.33. The van der Waals surface area contributed by atoms with Gasteiger partial charge in [0.05, 0.1) is 17.4 Å². The summed E-state index contributed by atoms with van der Waals surface area (Å²) >= 11 is 0. The fraction of sp³-hybridized carbons (Fsp3) is 0.219. The average Bonchev–Trinajstić information content (AvgIpc) is 3.25. The van der Waals surface area contributed by atoms with Gasteiger partial charge in [-0.1, -0.05) is 62.4 Å². The number of anilines is 1. The van der Waals surface area contributed by atoms with E-state index in [4.69, 9.17) is 6.42 Å². The molecular formula is C32H31FN2O2. The number of terminal acetylenes is 1. The summed E-state index contributed by atoms with van der Waals surface area (Å²) in [5.74, 6) is 1.94. The van der Waals surface area contributed by atoms with Crippen molar-refractivity contribution in [3.05, 3.63) is 102 Å². The molecule has 4 rings (SSSR count). The van der Waals surface area contributed by atoms with Crippen LogP contribution in [0.5, 0.6) is 0 Å². The Bertz CT molecular complexity index is 1380. The highest BCUT2D eigenvalue weighted by molar-refractivity contribution is 6.12. The van der Waals surface area contributed by atoms with Gasteiger partial charge in [0.1, 0.15) is 5.82 Å². The van der Waals surface area contributed by atoms with Crippen molar-refractivity contribution in [1.82, 2.24) is 4.57 Å². The molecule has 4 aromatic rings. The Morgan fingerprint density at radius 3 is 2.19 bits per heavy atom. The Morgan fingerprint density at radius 1 is 0.973 bits per heavy atom. The van der Waals surface area contributed by atoms with Gasteiger partial charge in [-0.2, -0.15) is 0 Å². The van der Waals surface area contributed by atoms with Crippen molar-refractivity contribution in [2.75, 3.05) is 5.32 Å². The number of hydrogen-bond acceptors (Lipinski definition) is 2. The minimum Gasteiger partial charge on any atom is -0.392 e. The molecule has 0 bridgehead atoms. The minimum absolute atomic E-state index is 0.0158. The zero-order valence-corrected chi connectivity index (χ0v) is 21.1. The van der Waals surface area contributed by atoms with Crippen LogP contribution in [0.1, 0.15) is 48.7 Å². The minimum atomic E-state index is -0.671. The summed E-state index contributed by atoms with van der Waals surface area (Å²) in [6.45, 7) is 4.54. The largest absolute Gasteiger partial charge is 0.392 e. The van der Waals surface area contributed by atoms with Crippen LogP contribution < -0.4 is 5.32 Å². The quantitative estimate of drug-likeness (QED) is 0.244. The van der Waals surface area contributed by atoms with Gasteiger partial charge in [0.25, 0.3) is 5.91 Å². The van der Waals surface area contributed by atoms with Crippen LogP contribution in [0.15, 0.2) is 84.9 Å². The number of aromatic nitrogens is 1. The van der Waals surface area contributed by atoms with Gasteiger partial charge in [0, 0.05) is 29.9 Å². The Labute approximate surface area is 217 Å². The normalized spacial score (nSPS) is 11.8. The van der Waals surface area contributed by atoms with Gasteiger partial charge in [-0.05, 0) is 59.9 Å². The molecule has 1 aromatic heterocycles. The molecule has 1 amide bonds. The molecule has 188 valence electrons. The maximum absolute atomic E-state index is 14.0. The number of amides is 1. The van der Waals surface area contributed by atoms with Crippen LogP contribution in [0.3, 0.4) is 0 Å². The first-order valence-electron chi connectivity index (χ1n) is 12.5. The molecule has 1 heterocycles. The maximum Gasteiger partial charge on any atom is 0.258 e. The number of rotatable bonds is 9. The highest BCUT2D eigenvalue weighted by Gasteiger charge is 2.30. The summed E-state index contributed by atoms with van der Waals surface area (Å²) < 4.78 is 16.0. The van der Waals surface area contributed by atoms with E-state index < -0.39 is 6.10 Å². The van der Waals surface area contributed by atoms with Gasteiger partial charge in [0.15, 0.2) is 0 Å². The summed E-state index contributed by atoms with van der Waals surface area (Å²) in [6.07, 6.45) is 5.42. The van der Waals surface area contributed by atoms with Crippen LogP contribution >= 0.6 is 0 Å². The molecule has 37 heavy (non-hydrogen) atoms. The van der Waals surface area contributed by atoms with Crippen molar-refractivity contribution in [1.29, 1.82) is 0 Å². The van der Waals surface area contributed by atoms with Gasteiger partial charge in [-0.3, -0.25) is 4.79 Å². The summed E-state index contributed by atoms with van der Waals surface area (Å²) in [4.78, 5) is 14.0. The van der Waals surface area contributed by atoms with E-state index in [2.05, 4.69) is 15.8 Å². The first-order chi connectivity index (χ1) is 17.9. The number of aliphatic hydroxyl groups is 1. The molecule has 0 aliphatic heterocycles. The molecule has 0 fully saturated rings. The van der Waals surface area contributed by atoms with Crippen LogP contribution in [-0.4, -0.2) is 21.7 Å². The van der Waals surface area contributed by atoms with Gasteiger partial charge < -0.3 is 15.0 Å². The van der Waals surface area contributed by atoms with E-state index in [0.717, 1.165) is 28.1 Å². The fourth-order valence-electron chi connectivity index (χ4n) is 4.72. The molecule has 0 aliphatic rings. The zero-order valence-electron chi connectivity index (χ0n) is 21.1. The van der Waals surface area contributed by atoms with E-state index in [1.54, 1.807) is 12.1 Å². The van der Waals surface area contributed by atoms with Gasteiger partial charge in [-0.25, -0.2) is 4.39 Å². The number of aliphatic hydroxyl groups excluding tert-OH is 1. The third kappa shape index (κ3) is 5.82. The molecule has 0 radical (unpaired) electrons. The number of nitrogens with zero attached hydrogens (tertiary/aromatic N) is 1. The van der Waals surface area contributed by atoms with E-state index in [9.17, 15) is 14.3 Å². The Kier molecular flexibility index (Phi) is 8.22. The number of nitrogens with one attached hydrogen (secondary N) is 1. The maximum atomic E-state index is 14.0. The fourth-order valence-corrected chi connectivity index (χ4v) is 4.72. The number of carbonyl (C=O) groups is 1. The molecule has 3 aromatic carbocycles. The molecule has 0 saturated heterocycles. The van der Waals surface area contributed by atoms with Gasteiger partial charge in [-0.15, -0.1) is 12.3 Å². The summed E-state index contributed by atoms with van der Waals surface area (Å²) in [6, 6.07) is 25.4. The highest BCUT2D eigenvalue weighted by atomic mass is 19.1. The Balaban J connectivity index is 2.00. The van der Waals surface area contributed by atoms with Crippen LogP contribution in [0.2, 0.25) is 0 Å². The number of hydrogen-bond donors (Lipinski definition) is 2. The van der Waals surface area contributed by atoms with Crippen molar-refractivity contribution in [3.8, 4) is 34.7 Å². The van der Waals surface area contributed by atoms with E-state index in [1.165, 1.54) is 12.1 Å². The second-order valence-corrected chi connectivity index (χ2v) is 9.33. The molecule has 4 nitrogen and oxygen atoms in total. The molecular weight excluding hydrogens is 463 g/mol. The molecule has 1 unspecified atom stereocenters. The lowest BCUT2D eigenvalue weighted by atomic mass is 9.94. The number of benzene rings is 3. The summed E-state index contributed by atoms with van der Waals surface area (Å²) in [5, 5.41) is 13.5. The number of para-hydroxylation sites is 1. The third-order valence-corrected chi connectivity index (χ3v) is 6.33. The standard InChI is InChI=1S/C32H31FN2O2/c1-4-11-27(36)20-21-35-30(22(2)3)29(32(37)34-26-14-9-6-10-15-26)28(23-12-7-5-8-13-23)31(35)24-16-18-25(33)19-17-24/h1,5-10,12-19,22,27,36H,11,20-21H2,2-3H3,(H,34,37). The molecule has 0 aliphatic carbocycles. The van der Waals surface area contributed by atoms with E-state index >= 15 is 0 Å². The smallest absolute Gasteiger partial charge is 0.258 e. The van der Waals surface area contributed by atoms with Crippen molar-refractivity contribution in [3.63, 3.8) is 0 Å². The van der Waals surface area contributed by atoms with Crippen LogP contribution in [0, 0.1) is 18.2 Å². The topological polar surface area (TPSA) is 54.3 Å². The lowest BCUT2D eigenvalue weighted by Crippen LogP contribution is -2.17. The first kappa shape index (κ1) is 25.9. The van der Waals surface area contributed by atoms with Crippen LogP contribution in [0.4, 0.5) is 10.1 Å². The average molecular weight is 495 g/mol. The lowest BCUT2D eigenvalue weighted by Gasteiger charge is -2.18. The summed E-state index contributed by atoms with van der Waals surface area (Å²) in [5.41, 5.74) is 5.35. The second kappa shape index (κ2) is 11.7. The molecule has 0 saturated carbocycles. The zero-order chi connectivity index (χ0) is 26.4. The Hall–Kier alpha value is -4.14. The molecule has 2 N–H and O–H groups in total. The lowest BCUT2D eigenvalue weighted by molar-refractivity contribution is 0.102. The number of halogens is 1. The Morgan fingerprint density at radius 2 is 1.59 bits per heavy atom. The van der Waals surface area contributed by atoms with Gasteiger partial charge in [0.2, 0.25) is 0 Å². The van der Waals surface area contributed by atoms with Crippen molar-refractivity contribution >= 4 is 11.6 Å². The van der Waals surface area contributed by atoms with Crippen LogP contribution in [-0.2, 0) is 6.54 Å². The van der Waals surface area contributed by atoms with Gasteiger partial charge >= 0.3 is 0 Å². The second-order valence-electron chi connectivity index (χ2n) is 9.33. The predicted octanol–water partition coefficient (Wildman–Crippen LogP) is 7.11. The van der Waals surface area contributed by atoms with Crippen molar-refractivity contribution in [2.45, 2.75) is 45.3 Å². The predicted molar refractivity (Wildman–Crippen MR) is 148 cm³/mol. The molecule has 1 atom stereocenters. The van der Waals surface area contributed by atoms with Crippen molar-refractivity contribution in [2.24, 2.45) is 0 Å².